The molecule has 2 amide bonds. The molecule has 3 aromatic rings. The molecule has 0 radical (unpaired) electrons. The van der Waals surface area contributed by atoms with Crippen LogP contribution in [0.5, 0.6) is 0 Å². The van der Waals surface area contributed by atoms with Crippen LogP contribution in [0.25, 0.3) is 10.8 Å². The van der Waals surface area contributed by atoms with Gasteiger partial charge in [0, 0.05) is 24.0 Å². The molecule has 0 aliphatic rings. The van der Waals surface area contributed by atoms with Crippen molar-refractivity contribution < 1.29 is 4.79 Å². The predicted octanol–water partition coefficient (Wildman–Crippen LogP) is 3.92. The van der Waals surface area contributed by atoms with Gasteiger partial charge in [-0.3, -0.25) is 0 Å². The van der Waals surface area contributed by atoms with Gasteiger partial charge in [-0.2, -0.15) is 0 Å². The topological polar surface area (TPSA) is 44.4 Å². The molecule has 3 rings (SSSR count). The van der Waals surface area contributed by atoms with Crippen molar-refractivity contribution in [1.29, 1.82) is 0 Å². The third kappa shape index (κ3) is 5.81. The lowest BCUT2D eigenvalue weighted by molar-refractivity contribution is 0.232. The molecule has 5 heteroatoms. The van der Waals surface area contributed by atoms with E-state index in [1.54, 1.807) is 11.3 Å². The molecule has 1 aromatic heterocycles. The molecular formula is C22H27N3OS. The third-order valence-electron chi connectivity index (χ3n) is 4.75. The second-order valence-electron chi connectivity index (χ2n) is 6.97. The Morgan fingerprint density at radius 3 is 2.59 bits per heavy atom. The van der Waals surface area contributed by atoms with E-state index >= 15 is 0 Å². The lowest BCUT2D eigenvalue weighted by Gasteiger charge is -2.25. The minimum atomic E-state index is -0.100. The predicted molar refractivity (Wildman–Crippen MR) is 115 cm³/mol. The van der Waals surface area contributed by atoms with Crippen LogP contribution in [0.4, 0.5) is 4.79 Å². The van der Waals surface area contributed by atoms with Crippen LogP contribution in [-0.4, -0.2) is 44.2 Å². The number of nitrogens with zero attached hydrogens (tertiary/aromatic N) is 1. The van der Waals surface area contributed by atoms with Crippen molar-refractivity contribution in [3.63, 3.8) is 0 Å². The fourth-order valence-corrected chi connectivity index (χ4v) is 3.81. The number of nitrogens with one attached hydrogen (secondary N) is 2. The number of thiophene rings is 1. The first-order valence-electron chi connectivity index (χ1n) is 9.30. The van der Waals surface area contributed by atoms with E-state index in [2.05, 4.69) is 83.5 Å². The number of carbonyl (C=O) groups is 1. The van der Waals surface area contributed by atoms with Gasteiger partial charge in [0.15, 0.2) is 0 Å². The molecule has 2 N–H and O–H groups in total. The summed E-state index contributed by atoms with van der Waals surface area (Å²) in [4.78, 5) is 15.5. The maximum Gasteiger partial charge on any atom is 0.314 e. The molecule has 0 aliphatic carbocycles. The lowest BCUT2D eigenvalue weighted by Crippen LogP contribution is -2.45. The first-order chi connectivity index (χ1) is 13.1. The molecule has 27 heavy (non-hydrogen) atoms. The number of urea groups is 1. The summed E-state index contributed by atoms with van der Waals surface area (Å²) in [6.07, 6.45) is 1.77. The zero-order valence-corrected chi connectivity index (χ0v) is 16.8. The Morgan fingerprint density at radius 1 is 1.04 bits per heavy atom. The summed E-state index contributed by atoms with van der Waals surface area (Å²) < 4.78 is 0. The summed E-state index contributed by atoms with van der Waals surface area (Å²) >= 11 is 1.72. The highest BCUT2D eigenvalue weighted by molar-refractivity contribution is 7.09. The minimum Gasteiger partial charge on any atom is -0.338 e. The van der Waals surface area contributed by atoms with E-state index in [1.807, 2.05) is 6.07 Å². The summed E-state index contributed by atoms with van der Waals surface area (Å²) in [5.41, 5.74) is 1.28. The van der Waals surface area contributed by atoms with Gasteiger partial charge in [0.2, 0.25) is 0 Å². The molecule has 0 fully saturated rings. The average molecular weight is 382 g/mol. The maximum absolute atomic E-state index is 12.1. The number of amides is 2. The number of fused-ring (bicyclic) bond motifs is 1. The zero-order valence-electron chi connectivity index (χ0n) is 15.9. The SMILES string of the molecule is CN(C)[C@H](CNC(=O)NCCc1cccs1)Cc1ccc2ccccc2c1. The number of carbonyl (C=O) groups excluding carboxylic acids is 1. The Kier molecular flexibility index (Phi) is 6.85. The van der Waals surface area contributed by atoms with Crippen molar-refractivity contribution in [2.24, 2.45) is 0 Å². The van der Waals surface area contributed by atoms with Crippen LogP contribution >= 0.6 is 11.3 Å². The van der Waals surface area contributed by atoms with Crippen molar-refractivity contribution in [3.05, 3.63) is 70.4 Å². The van der Waals surface area contributed by atoms with E-state index in [-0.39, 0.29) is 12.1 Å². The Bertz CT molecular complexity index is 861. The Hall–Kier alpha value is -2.37. The van der Waals surface area contributed by atoms with Gasteiger partial charge in [-0.05, 0) is 54.7 Å². The normalized spacial score (nSPS) is 12.3. The number of rotatable bonds is 8. The van der Waals surface area contributed by atoms with Gasteiger partial charge in [-0.25, -0.2) is 4.79 Å². The van der Waals surface area contributed by atoms with Crippen molar-refractivity contribution in [2.45, 2.75) is 18.9 Å². The highest BCUT2D eigenvalue weighted by Gasteiger charge is 2.14. The van der Waals surface area contributed by atoms with E-state index in [0.717, 1.165) is 12.8 Å². The van der Waals surface area contributed by atoms with Gasteiger partial charge >= 0.3 is 6.03 Å². The van der Waals surface area contributed by atoms with Crippen LogP contribution in [0.2, 0.25) is 0 Å². The van der Waals surface area contributed by atoms with Crippen molar-refractivity contribution in [1.82, 2.24) is 15.5 Å². The van der Waals surface area contributed by atoms with Gasteiger partial charge in [0.1, 0.15) is 0 Å². The Morgan fingerprint density at radius 2 is 1.85 bits per heavy atom. The quantitative estimate of drug-likeness (QED) is 0.621. The van der Waals surface area contributed by atoms with Crippen LogP contribution in [0.15, 0.2) is 60.0 Å². The van der Waals surface area contributed by atoms with E-state index in [0.29, 0.717) is 13.1 Å². The summed E-state index contributed by atoms with van der Waals surface area (Å²) in [7, 11) is 4.12. The van der Waals surface area contributed by atoms with Gasteiger partial charge in [-0.1, -0.05) is 48.5 Å². The fraction of sp³-hybridized carbons (Fsp3) is 0.318. The molecular weight excluding hydrogens is 354 g/mol. The van der Waals surface area contributed by atoms with Gasteiger partial charge in [0.25, 0.3) is 0 Å². The third-order valence-corrected chi connectivity index (χ3v) is 5.69. The van der Waals surface area contributed by atoms with Crippen LogP contribution in [0.1, 0.15) is 10.4 Å². The van der Waals surface area contributed by atoms with Gasteiger partial charge in [0.05, 0.1) is 0 Å². The first-order valence-corrected chi connectivity index (χ1v) is 10.2. The average Bonchev–Trinajstić information content (AvgIpc) is 3.18. The molecule has 0 unspecified atom stereocenters. The number of likely N-dealkylation sites (N-methyl/N-ethyl adjacent to an activating group) is 1. The van der Waals surface area contributed by atoms with E-state index in [9.17, 15) is 4.79 Å². The van der Waals surface area contributed by atoms with Crippen molar-refractivity contribution in [2.75, 3.05) is 27.2 Å². The van der Waals surface area contributed by atoms with Crippen LogP contribution in [-0.2, 0) is 12.8 Å². The minimum absolute atomic E-state index is 0.100. The Balaban J connectivity index is 1.49. The molecule has 0 spiro atoms. The van der Waals surface area contributed by atoms with E-state index in [4.69, 9.17) is 0 Å². The standard InChI is InChI=1S/C22H27N3OS/c1-25(2)20(15-17-9-10-18-6-3-4-7-19(18)14-17)16-24-22(26)23-12-11-21-8-5-13-27-21/h3-10,13-14,20H,11-12,15-16H2,1-2H3,(H2,23,24,26)/t20-/m0/s1. The summed E-state index contributed by atoms with van der Waals surface area (Å²) in [5, 5.41) is 10.5. The Labute approximate surface area is 165 Å². The smallest absolute Gasteiger partial charge is 0.314 e. The number of benzene rings is 2. The van der Waals surface area contributed by atoms with Crippen molar-refractivity contribution in [3.8, 4) is 0 Å². The first kappa shape index (κ1) is 19.4. The second kappa shape index (κ2) is 9.53. The summed E-state index contributed by atoms with van der Waals surface area (Å²) in [6.45, 7) is 1.27. The van der Waals surface area contributed by atoms with Crippen LogP contribution in [0.3, 0.4) is 0 Å². The van der Waals surface area contributed by atoms with Crippen molar-refractivity contribution >= 4 is 28.1 Å². The molecule has 0 aliphatic heterocycles. The molecule has 2 aromatic carbocycles. The van der Waals surface area contributed by atoms with Crippen LogP contribution in [0, 0.1) is 0 Å². The number of hydrogen-bond acceptors (Lipinski definition) is 3. The largest absolute Gasteiger partial charge is 0.338 e. The highest BCUT2D eigenvalue weighted by atomic mass is 32.1. The van der Waals surface area contributed by atoms with E-state index < -0.39 is 0 Å². The second-order valence-corrected chi connectivity index (χ2v) is 8.00. The van der Waals surface area contributed by atoms with Gasteiger partial charge < -0.3 is 15.5 Å². The monoisotopic (exact) mass is 381 g/mol. The summed E-state index contributed by atoms with van der Waals surface area (Å²) in [6, 6.07) is 19.3. The molecule has 0 saturated carbocycles. The zero-order chi connectivity index (χ0) is 19.1. The molecule has 4 nitrogen and oxygen atoms in total. The molecule has 142 valence electrons. The molecule has 1 atom stereocenters. The molecule has 0 saturated heterocycles. The highest BCUT2D eigenvalue weighted by Crippen LogP contribution is 2.17. The molecule has 0 bridgehead atoms. The molecule has 1 heterocycles. The lowest BCUT2D eigenvalue weighted by atomic mass is 10.0. The number of hydrogen-bond donors (Lipinski definition) is 2. The van der Waals surface area contributed by atoms with Crippen LogP contribution < -0.4 is 10.6 Å². The summed E-state index contributed by atoms with van der Waals surface area (Å²) in [5.74, 6) is 0. The van der Waals surface area contributed by atoms with E-state index in [1.165, 1.54) is 21.2 Å². The van der Waals surface area contributed by atoms with Gasteiger partial charge in [-0.15, -0.1) is 11.3 Å². The fourth-order valence-electron chi connectivity index (χ4n) is 3.10. The maximum atomic E-state index is 12.1.